The quantitative estimate of drug-likeness (QED) is 0.500. The molecule has 3 aromatic rings. The first-order valence-electron chi connectivity index (χ1n) is 9.10. The second-order valence-electron chi connectivity index (χ2n) is 6.42. The highest BCUT2D eigenvalue weighted by atomic mass is 16.4. The summed E-state index contributed by atoms with van der Waals surface area (Å²) >= 11 is 0. The molecule has 0 saturated heterocycles. The Labute approximate surface area is 156 Å². The van der Waals surface area contributed by atoms with Gasteiger partial charge < -0.3 is 15.4 Å². The molecule has 3 rings (SSSR count). The number of aromatic nitrogens is 4. The number of carbonyl (C=O) groups is 1. The van der Waals surface area contributed by atoms with Crippen molar-refractivity contribution in [2.75, 3.05) is 11.9 Å². The van der Waals surface area contributed by atoms with Crippen molar-refractivity contribution in [2.45, 2.75) is 39.2 Å². The maximum Gasteiger partial charge on any atom is 0.303 e. The number of para-hydroxylation sites is 1. The average molecular weight is 369 g/mol. The van der Waals surface area contributed by atoms with E-state index >= 15 is 0 Å². The van der Waals surface area contributed by atoms with Crippen LogP contribution in [0.1, 0.15) is 32.6 Å². The minimum Gasteiger partial charge on any atom is -0.481 e. The Morgan fingerprint density at radius 3 is 2.96 bits per heavy atom. The summed E-state index contributed by atoms with van der Waals surface area (Å²) in [6.45, 7) is 3.44. The first kappa shape index (κ1) is 18.6. The number of aromatic amines is 1. The summed E-state index contributed by atoms with van der Waals surface area (Å²) in [6.07, 6.45) is 4.24. The molecule has 0 aliphatic heterocycles. The minimum absolute atomic E-state index is 0.0507. The van der Waals surface area contributed by atoms with Crippen LogP contribution in [0.2, 0.25) is 0 Å². The number of carboxylic acid groups (broad SMARTS) is 1. The highest BCUT2D eigenvalue weighted by Gasteiger charge is 2.11. The first-order chi connectivity index (χ1) is 13.1. The summed E-state index contributed by atoms with van der Waals surface area (Å²) in [5, 5.41) is 20.9. The van der Waals surface area contributed by atoms with Crippen LogP contribution in [-0.4, -0.2) is 37.6 Å². The molecule has 27 heavy (non-hydrogen) atoms. The number of fused-ring (bicyclic) bond motifs is 1. The van der Waals surface area contributed by atoms with E-state index in [1.165, 1.54) is 0 Å². The molecule has 3 N–H and O–H groups in total. The number of benzene rings is 1. The molecule has 0 atom stereocenters. The number of unbranched alkanes of at least 4 members (excludes halogenated alkanes) is 1. The van der Waals surface area contributed by atoms with Crippen LogP contribution in [0.15, 0.2) is 35.3 Å². The maximum atomic E-state index is 12.4. The molecule has 8 heteroatoms. The van der Waals surface area contributed by atoms with Crippen LogP contribution in [0.25, 0.3) is 22.2 Å². The van der Waals surface area contributed by atoms with Gasteiger partial charge in [-0.05, 0) is 25.3 Å². The second-order valence-corrected chi connectivity index (χ2v) is 6.42. The Morgan fingerprint density at radius 1 is 1.33 bits per heavy atom. The number of carboxylic acids is 1. The fourth-order valence-electron chi connectivity index (χ4n) is 2.92. The number of nitrogens with one attached hydrogen (secondary N) is 2. The summed E-state index contributed by atoms with van der Waals surface area (Å²) < 4.78 is 1.70. The third-order valence-corrected chi connectivity index (χ3v) is 4.27. The van der Waals surface area contributed by atoms with Gasteiger partial charge in [-0.1, -0.05) is 24.3 Å². The largest absolute Gasteiger partial charge is 0.481 e. The lowest BCUT2D eigenvalue weighted by molar-refractivity contribution is -0.137. The van der Waals surface area contributed by atoms with Crippen LogP contribution in [0.4, 0.5) is 5.82 Å². The van der Waals surface area contributed by atoms with E-state index in [0.29, 0.717) is 36.3 Å². The highest BCUT2D eigenvalue weighted by molar-refractivity contribution is 5.93. The Hall–Kier alpha value is -3.16. The molecule has 8 nitrogen and oxygen atoms in total. The summed E-state index contributed by atoms with van der Waals surface area (Å²) in [6, 6.07) is 7.09. The summed E-state index contributed by atoms with van der Waals surface area (Å²) in [4.78, 5) is 26.3. The molecule has 0 saturated carbocycles. The number of rotatable bonds is 9. The van der Waals surface area contributed by atoms with Gasteiger partial charge >= 0.3 is 5.97 Å². The molecule has 0 spiro atoms. The van der Waals surface area contributed by atoms with Gasteiger partial charge in [0.25, 0.3) is 0 Å². The predicted molar refractivity (Wildman–Crippen MR) is 104 cm³/mol. The molecular formula is C19H23N5O3. The minimum atomic E-state index is -0.790. The van der Waals surface area contributed by atoms with Gasteiger partial charge in [-0.3, -0.25) is 14.3 Å². The second kappa shape index (κ2) is 8.48. The smallest absolute Gasteiger partial charge is 0.303 e. The van der Waals surface area contributed by atoms with Crippen LogP contribution in [0.3, 0.4) is 0 Å². The maximum absolute atomic E-state index is 12.4. The van der Waals surface area contributed by atoms with Crippen LogP contribution < -0.4 is 10.7 Å². The molecule has 0 fully saturated rings. The molecule has 0 amide bonds. The zero-order chi connectivity index (χ0) is 19.2. The lowest BCUT2D eigenvalue weighted by Crippen LogP contribution is -2.09. The number of nitrogens with zero attached hydrogens (tertiary/aromatic N) is 3. The molecule has 0 aliphatic carbocycles. The number of hydrogen-bond donors (Lipinski definition) is 3. The number of aliphatic carboxylic acids is 1. The number of hydrogen-bond acceptors (Lipinski definition) is 5. The topological polar surface area (TPSA) is 113 Å². The fraction of sp³-hybridized carbons (Fsp3) is 0.368. The van der Waals surface area contributed by atoms with Gasteiger partial charge in [0.2, 0.25) is 0 Å². The van der Waals surface area contributed by atoms with E-state index in [1.807, 2.05) is 18.3 Å². The van der Waals surface area contributed by atoms with E-state index < -0.39 is 5.97 Å². The van der Waals surface area contributed by atoms with Gasteiger partial charge in [0.15, 0.2) is 5.43 Å². The van der Waals surface area contributed by atoms with E-state index in [0.717, 1.165) is 24.0 Å². The van der Waals surface area contributed by atoms with Crippen LogP contribution in [0.5, 0.6) is 0 Å². The van der Waals surface area contributed by atoms with E-state index in [-0.39, 0.29) is 11.8 Å². The molecule has 0 aliphatic rings. The number of pyridine rings is 1. The number of aryl methyl sites for hydroxylation is 1. The average Bonchev–Trinajstić information content (AvgIpc) is 3.12. The van der Waals surface area contributed by atoms with Crippen molar-refractivity contribution in [3.05, 3.63) is 40.7 Å². The van der Waals surface area contributed by atoms with E-state index in [4.69, 9.17) is 5.11 Å². The van der Waals surface area contributed by atoms with Crippen LogP contribution in [0, 0.1) is 0 Å². The molecule has 0 bridgehead atoms. The summed E-state index contributed by atoms with van der Waals surface area (Å²) in [7, 11) is 0. The lowest BCUT2D eigenvalue weighted by atomic mass is 10.1. The lowest BCUT2D eigenvalue weighted by Gasteiger charge is -2.09. The van der Waals surface area contributed by atoms with Crippen molar-refractivity contribution >= 4 is 22.7 Å². The third-order valence-electron chi connectivity index (χ3n) is 4.27. The molecule has 1 aromatic carbocycles. The van der Waals surface area contributed by atoms with Gasteiger partial charge in [0, 0.05) is 36.5 Å². The normalized spacial score (nSPS) is 11.0. The number of anilines is 1. The monoisotopic (exact) mass is 369 g/mol. The van der Waals surface area contributed by atoms with E-state index in [2.05, 4.69) is 27.5 Å². The summed E-state index contributed by atoms with van der Waals surface area (Å²) in [5.74, 6) is -0.107. The molecule has 2 heterocycles. The standard InChI is InChI=1S/C19H23N5O3/c1-2-9-20-17-11-16(25)14-7-5-6-13(19(14)21-17)15-12-24(23-22-15)10-4-3-8-18(26)27/h5-7,11-12H,2-4,8-10H2,1H3,(H,26,27)(H2,20,21,25). The zero-order valence-electron chi connectivity index (χ0n) is 15.2. The van der Waals surface area contributed by atoms with Crippen molar-refractivity contribution in [1.82, 2.24) is 20.0 Å². The van der Waals surface area contributed by atoms with Gasteiger partial charge in [0.05, 0.1) is 11.7 Å². The Balaban J connectivity index is 1.87. The molecule has 0 unspecified atom stereocenters. The van der Waals surface area contributed by atoms with E-state index in [9.17, 15) is 9.59 Å². The molecule has 0 radical (unpaired) electrons. The third kappa shape index (κ3) is 4.52. The Kier molecular flexibility index (Phi) is 5.85. The van der Waals surface area contributed by atoms with Crippen molar-refractivity contribution in [2.24, 2.45) is 0 Å². The van der Waals surface area contributed by atoms with Gasteiger partial charge in [-0.15, -0.1) is 5.10 Å². The SMILES string of the molecule is CCCNc1cc(=O)c2cccc(-c3cn(CCCCC(=O)O)nn3)c2[nH]1. The highest BCUT2D eigenvalue weighted by Crippen LogP contribution is 2.25. The molecule has 142 valence electrons. The van der Waals surface area contributed by atoms with Crippen LogP contribution >= 0.6 is 0 Å². The van der Waals surface area contributed by atoms with Crippen LogP contribution in [-0.2, 0) is 11.3 Å². The Morgan fingerprint density at radius 2 is 2.19 bits per heavy atom. The van der Waals surface area contributed by atoms with Crippen molar-refractivity contribution in [3.8, 4) is 11.3 Å². The van der Waals surface area contributed by atoms with Gasteiger partial charge in [-0.2, -0.15) is 0 Å². The molecular weight excluding hydrogens is 346 g/mol. The summed E-state index contributed by atoms with van der Waals surface area (Å²) in [5.41, 5.74) is 2.15. The predicted octanol–water partition coefficient (Wildman–Crippen LogP) is 2.86. The van der Waals surface area contributed by atoms with E-state index in [1.54, 1.807) is 16.8 Å². The Bertz CT molecular complexity index is 992. The fourth-order valence-corrected chi connectivity index (χ4v) is 2.92. The van der Waals surface area contributed by atoms with Gasteiger partial charge in [-0.25, -0.2) is 0 Å². The number of H-pyrrole nitrogens is 1. The van der Waals surface area contributed by atoms with Crippen molar-refractivity contribution in [3.63, 3.8) is 0 Å². The van der Waals surface area contributed by atoms with Gasteiger partial charge in [0.1, 0.15) is 11.5 Å². The zero-order valence-corrected chi connectivity index (χ0v) is 15.2. The first-order valence-corrected chi connectivity index (χ1v) is 9.10. The molecule has 2 aromatic heterocycles. The van der Waals surface area contributed by atoms with Crippen molar-refractivity contribution in [1.29, 1.82) is 0 Å². The van der Waals surface area contributed by atoms with Crippen molar-refractivity contribution < 1.29 is 9.90 Å².